The van der Waals surface area contributed by atoms with Gasteiger partial charge in [-0.05, 0) is 30.5 Å². The molecule has 23 heavy (non-hydrogen) atoms. The second kappa shape index (κ2) is 5.61. The van der Waals surface area contributed by atoms with Gasteiger partial charge < -0.3 is 20.1 Å². The zero-order valence-corrected chi connectivity index (χ0v) is 13.2. The zero-order chi connectivity index (χ0) is 15.8. The highest BCUT2D eigenvalue weighted by atomic mass is 16.2. The molecule has 6 heteroatoms. The highest BCUT2D eigenvalue weighted by Crippen LogP contribution is 2.29. The Morgan fingerprint density at radius 1 is 1.35 bits per heavy atom. The number of aromatic nitrogens is 2. The van der Waals surface area contributed by atoms with Crippen molar-refractivity contribution in [2.75, 3.05) is 23.8 Å². The van der Waals surface area contributed by atoms with E-state index in [1.807, 2.05) is 18.5 Å². The van der Waals surface area contributed by atoms with Crippen LogP contribution in [0.15, 0.2) is 30.6 Å². The molecule has 0 aliphatic carbocycles. The molecule has 2 N–H and O–H groups in total. The Morgan fingerprint density at radius 2 is 2.26 bits per heavy atom. The molecule has 0 radical (unpaired) electrons. The first-order valence-corrected chi connectivity index (χ1v) is 8.10. The molecule has 0 saturated carbocycles. The Labute approximate surface area is 135 Å². The predicted octanol–water partition coefficient (Wildman–Crippen LogP) is 2.01. The molecular formula is C17H21N5O. The van der Waals surface area contributed by atoms with Crippen LogP contribution in [0, 0.1) is 0 Å². The van der Waals surface area contributed by atoms with Crippen LogP contribution in [0.2, 0.25) is 0 Å². The minimum atomic E-state index is -0.143. The van der Waals surface area contributed by atoms with Crippen LogP contribution in [0.5, 0.6) is 0 Å². The number of aryl methyl sites for hydroxylation is 1. The monoisotopic (exact) mass is 311 g/mol. The van der Waals surface area contributed by atoms with Gasteiger partial charge in [-0.3, -0.25) is 0 Å². The summed E-state index contributed by atoms with van der Waals surface area (Å²) in [6.45, 7) is 1.95. The van der Waals surface area contributed by atoms with E-state index < -0.39 is 0 Å². The van der Waals surface area contributed by atoms with Crippen molar-refractivity contribution >= 4 is 17.4 Å². The van der Waals surface area contributed by atoms with E-state index in [-0.39, 0.29) is 12.1 Å². The number of likely N-dealkylation sites (N-methyl/N-ethyl adjacent to an activating group) is 1. The molecule has 1 unspecified atom stereocenters. The van der Waals surface area contributed by atoms with Crippen molar-refractivity contribution in [3.05, 3.63) is 42.0 Å². The topological polar surface area (TPSA) is 62.2 Å². The lowest BCUT2D eigenvalue weighted by Gasteiger charge is -2.24. The fourth-order valence-corrected chi connectivity index (χ4v) is 3.44. The van der Waals surface area contributed by atoms with Gasteiger partial charge in [-0.25, -0.2) is 9.78 Å². The summed E-state index contributed by atoms with van der Waals surface area (Å²) in [5.74, 6) is 1.04. The molecule has 120 valence electrons. The van der Waals surface area contributed by atoms with Crippen molar-refractivity contribution < 1.29 is 4.79 Å². The van der Waals surface area contributed by atoms with Gasteiger partial charge in [-0.1, -0.05) is 6.07 Å². The number of benzene rings is 1. The number of imidazole rings is 1. The van der Waals surface area contributed by atoms with E-state index in [1.54, 1.807) is 0 Å². The summed E-state index contributed by atoms with van der Waals surface area (Å²) in [5.41, 5.74) is 3.40. The van der Waals surface area contributed by atoms with Gasteiger partial charge >= 0.3 is 6.03 Å². The minimum absolute atomic E-state index is 0.141. The van der Waals surface area contributed by atoms with E-state index in [2.05, 4.69) is 44.3 Å². The molecule has 0 fully saturated rings. The average Bonchev–Trinajstić information content (AvgIpc) is 3.14. The number of anilines is 2. The zero-order valence-electron chi connectivity index (χ0n) is 13.2. The summed E-state index contributed by atoms with van der Waals surface area (Å²) in [6.07, 6.45) is 6.61. The number of amides is 2. The largest absolute Gasteiger partial charge is 0.374 e. The van der Waals surface area contributed by atoms with E-state index in [4.69, 9.17) is 0 Å². The molecule has 1 aromatic carbocycles. The molecule has 0 spiro atoms. The lowest BCUT2D eigenvalue weighted by molar-refractivity contribution is 0.245. The quantitative estimate of drug-likeness (QED) is 0.892. The van der Waals surface area contributed by atoms with Gasteiger partial charge in [0, 0.05) is 56.4 Å². The molecule has 2 amide bonds. The van der Waals surface area contributed by atoms with Crippen molar-refractivity contribution in [1.82, 2.24) is 14.9 Å². The predicted molar refractivity (Wildman–Crippen MR) is 89.9 cm³/mol. The first kappa shape index (κ1) is 14.1. The molecule has 6 nitrogen and oxygen atoms in total. The molecule has 0 bridgehead atoms. The smallest absolute Gasteiger partial charge is 0.319 e. The molecule has 2 aliphatic heterocycles. The standard InChI is InChI=1S/C17H21N5O/c1-21-7-4-12-2-3-13(10-15(12)21)19-17(23)20-14-5-8-22-9-6-18-16(22)11-14/h2-3,6,9-10,14H,4-5,7-8,11H2,1H3,(H2,19,20,23). The summed E-state index contributed by atoms with van der Waals surface area (Å²) in [4.78, 5) is 18.8. The van der Waals surface area contributed by atoms with Gasteiger partial charge in [0.1, 0.15) is 5.82 Å². The third kappa shape index (κ3) is 2.76. The lowest BCUT2D eigenvalue weighted by Crippen LogP contribution is -2.42. The second-order valence-electron chi connectivity index (χ2n) is 6.34. The number of nitrogens with zero attached hydrogens (tertiary/aromatic N) is 3. The summed E-state index contributed by atoms with van der Waals surface area (Å²) in [5, 5.41) is 6.01. The highest BCUT2D eigenvalue weighted by Gasteiger charge is 2.21. The van der Waals surface area contributed by atoms with Crippen LogP contribution in [0.1, 0.15) is 17.8 Å². The van der Waals surface area contributed by atoms with Crippen LogP contribution in [0.25, 0.3) is 0 Å². The number of hydrogen-bond acceptors (Lipinski definition) is 3. The number of urea groups is 1. The number of fused-ring (bicyclic) bond motifs is 2. The third-order valence-electron chi connectivity index (χ3n) is 4.76. The Bertz CT molecular complexity index is 738. The maximum atomic E-state index is 12.2. The maximum Gasteiger partial charge on any atom is 0.319 e. The van der Waals surface area contributed by atoms with Gasteiger partial charge in [0.2, 0.25) is 0 Å². The molecule has 0 saturated heterocycles. The van der Waals surface area contributed by atoms with Crippen LogP contribution >= 0.6 is 0 Å². The molecular weight excluding hydrogens is 290 g/mol. The van der Waals surface area contributed by atoms with E-state index >= 15 is 0 Å². The molecule has 1 aromatic heterocycles. The number of hydrogen-bond donors (Lipinski definition) is 2. The van der Waals surface area contributed by atoms with Gasteiger partial charge in [0.05, 0.1) is 0 Å². The van der Waals surface area contributed by atoms with Crippen molar-refractivity contribution in [2.45, 2.75) is 31.8 Å². The number of carbonyl (C=O) groups is 1. The first-order chi connectivity index (χ1) is 11.2. The molecule has 1 atom stereocenters. The SMILES string of the molecule is CN1CCc2ccc(NC(=O)NC3CCn4ccnc4C3)cc21. The van der Waals surface area contributed by atoms with Crippen LogP contribution < -0.4 is 15.5 Å². The Hall–Kier alpha value is -2.50. The van der Waals surface area contributed by atoms with Crippen LogP contribution in [0.3, 0.4) is 0 Å². The summed E-state index contributed by atoms with van der Waals surface area (Å²) in [6, 6.07) is 6.13. The number of carbonyl (C=O) groups excluding carboxylic acids is 1. The van der Waals surface area contributed by atoms with E-state index in [0.717, 1.165) is 43.9 Å². The normalized spacial score (nSPS) is 19.2. The van der Waals surface area contributed by atoms with Gasteiger partial charge in [0.25, 0.3) is 0 Å². The lowest BCUT2D eigenvalue weighted by atomic mass is 10.1. The van der Waals surface area contributed by atoms with Crippen molar-refractivity contribution in [3.8, 4) is 0 Å². The Balaban J connectivity index is 1.38. The minimum Gasteiger partial charge on any atom is -0.374 e. The third-order valence-corrected chi connectivity index (χ3v) is 4.76. The summed E-state index contributed by atoms with van der Waals surface area (Å²) >= 11 is 0. The summed E-state index contributed by atoms with van der Waals surface area (Å²) in [7, 11) is 2.08. The fraction of sp³-hybridized carbons (Fsp3) is 0.412. The highest BCUT2D eigenvalue weighted by molar-refractivity contribution is 5.90. The van der Waals surface area contributed by atoms with Crippen LogP contribution in [-0.2, 0) is 19.4 Å². The van der Waals surface area contributed by atoms with E-state index in [9.17, 15) is 4.79 Å². The van der Waals surface area contributed by atoms with E-state index in [1.165, 1.54) is 11.3 Å². The first-order valence-electron chi connectivity index (χ1n) is 8.10. The maximum absolute atomic E-state index is 12.2. The van der Waals surface area contributed by atoms with Crippen LogP contribution in [-0.4, -0.2) is 35.2 Å². The molecule has 2 aliphatic rings. The molecule has 4 rings (SSSR count). The fourth-order valence-electron chi connectivity index (χ4n) is 3.44. The van der Waals surface area contributed by atoms with Crippen molar-refractivity contribution in [1.29, 1.82) is 0 Å². The van der Waals surface area contributed by atoms with Crippen molar-refractivity contribution in [2.24, 2.45) is 0 Å². The second-order valence-corrected chi connectivity index (χ2v) is 6.34. The van der Waals surface area contributed by atoms with Crippen LogP contribution in [0.4, 0.5) is 16.2 Å². The Kier molecular flexibility index (Phi) is 3.44. The molecule has 3 heterocycles. The number of rotatable bonds is 2. The molecule has 2 aromatic rings. The summed E-state index contributed by atoms with van der Waals surface area (Å²) < 4.78 is 2.15. The van der Waals surface area contributed by atoms with Gasteiger partial charge in [-0.2, -0.15) is 0 Å². The van der Waals surface area contributed by atoms with Crippen molar-refractivity contribution in [3.63, 3.8) is 0 Å². The Morgan fingerprint density at radius 3 is 3.17 bits per heavy atom. The van der Waals surface area contributed by atoms with Gasteiger partial charge in [-0.15, -0.1) is 0 Å². The van der Waals surface area contributed by atoms with E-state index in [0.29, 0.717) is 0 Å². The average molecular weight is 311 g/mol. The van der Waals surface area contributed by atoms with Gasteiger partial charge in [0.15, 0.2) is 0 Å². The number of nitrogens with one attached hydrogen (secondary N) is 2.